The van der Waals surface area contributed by atoms with Crippen molar-refractivity contribution in [2.75, 3.05) is 12.0 Å². The largest absolute Gasteiger partial charge is 0.465 e. The van der Waals surface area contributed by atoms with Crippen LogP contribution in [0, 0.1) is 18.3 Å². The Morgan fingerprint density at radius 1 is 1.19 bits per heavy atom. The predicted octanol–water partition coefficient (Wildman–Crippen LogP) is 3.59. The van der Waals surface area contributed by atoms with Crippen LogP contribution in [0.5, 0.6) is 0 Å². The number of anilines is 1. The van der Waals surface area contributed by atoms with Crippen molar-refractivity contribution in [1.82, 2.24) is 0 Å². The van der Waals surface area contributed by atoms with Gasteiger partial charge in [0.1, 0.15) is 11.1 Å². The molecule has 3 rings (SSSR count). The molecule has 2 aromatic carbocycles. The van der Waals surface area contributed by atoms with Gasteiger partial charge in [-0.3, -0.25) is 9.69 Å². The lowest BCUT2D eigenvalue weighted by Crippen LogP contribution is -2.30. The molecule has 136 valence electrons. The second-order valence-corrected chi connectivity index (χ2v) is 7.28. The molecule has 27 heavy (non-hydrogen) atoms. The monoisotopic (exact) mass is 378 g/mol. The van der Waals surface area contributed by atoms with Crippen molar-refractivity contribution in [2.24, 2.45) is 0 Å². The minimum Gasteiger partial charge on any atom is -0.465 e. The molecule has 0 aromatic heterocycles. The van der Waals surface area contributed by atoms with Gasteiger partial charge in [0, 0.05) is 5.69 Å². The number of para-hydroxylation sites is 1. The van der Waals surface area contributed by atoms with Crippen molar-refractivity contribution in [3.63, 3.8) is 0 Å². The molecular formula is C21H18N2O3S. The van der Waals surface area contributed by atoms with E-state index in [2.05, 4.69) is 0 Å². The number of aryl methyl sites for hydroxylation is 1. The second kappa shape index (κ2) is 8.11. The molecule has 0 spiro atoms. The second-order valence-electron chi connectivity index (χ2n) is 6.09. The van der Waals surface area contributed by atoms with E-state index in [0.717, 1.165) is 11.1 Å². The van der Waals surface area contributed by atoms with Crippen LogP contribution in [0.2, 0.25) is 0 Å². The lowest BCUT2D eigenvalue weighted by atomic mass is 10.1. The van der Waals surface area contributed by atoms with Crippen LogP contribution in [-0.2, 0) is 20.7 Å². The molecule has 1 amide bonds. The van der Waals surface area contributed by atoms with E-state index in [1.54, 1.807) is 12.1 Å². The summed E-state index contributed by atoms with van der Waals surface area (Å²) >= 11 is 1.23. The van der Waals surface area contributed by atoms with E-state index in [1.165, 1.54) is 23.8 Å². The zero-order valence-electron chi connectivity index (χ0n) is 15.0. The molecule has 0 saturated carbocycles. The molecule has 1 saturated heterocycles. The number of hydrogen-bond acceptors (Lipinski definition) is 5. The Bertz CT molecular complexity index is 930. The number of esters is 1. The van der Waals surface area contributed by atoms with Crippen LogP contribution < -0.4 is 4.90 Å². The molecule has 5 nitrogen and oxygen atoms in total. The average molecular weight is 378 g/mol. The first-order valence-electron chi connectivity index (χ1n) is 8.39. The SMILES string of the molecule is COC(=O)/C(C#N)=C1/S[C@@H](Cc2ccc(C)cc2)C(=O)N1c1ccccc1. The number of amides is 1. The van der Waals surface area contributed by atoms with Crippen LogP contribution in [-0.4, -0.2) is 24.2 Å². The molecule has 0 radical (unpaired) electrons. The van der Waals surface area contributed by atoms with E-state index >= 15 is 0 Å². The molecular weight excluding hydrogens is 360 g/mol. The molecule has 0 unspecified atom stereocenters. The van der Waals surface area contributed by atoms with Gasteiger partial charge in [-0.2, -0.15) is 5.26 Å². The Kier molecular flexibility index (Phi) is 5.63. The lowest BCUT2D eigenvalue weighted by molar-refractivity contribution is -0.135. The van der Waals surface area contributed by atoms with Crippen LogP contribution in [0.1, 0.15) is 11.1 Å². The van der Waals surface area contributed by atoms with E-state index < -0.39 is 11.2 Å². The van der Waals surface area contributed by atoms with Crippen molar-refractivity contribution in [1.29, 1.82) is 5.26 Å². The van der Waals surface area contributed by atoms with Gasteiger partial charge in [0.15, 0.2) is 5.57 Å². The summed E-state index contributed by atoms with van der Waals surface area (Å²) in [6.45, 7) is 2.01. The lowest BCUT2D eigenvalue weighted by Gasteiger charge is -2.18. The predicted molar refractivity (Wildman–Crippen MR) is 105 cm³/mol. The fourth-order valence-corrected chi connectivity index (χ4v) is 4.12. The third-order valence-corrected chi connectivity index (χ3v) is 5.49. The molecule has 1 atom stereocenters. The van der Waals surface area contributed by atoms with Gasteiger partial charge < -0.3 is 4.74 Å². The maximum atomic E-state index is 13.1. The van der Waals surface area contributed by atoms with Gasteiger partial charge in [-0.05, 0) is 31.0 Å². The van der Waals surface area contributed by atoms with Gasteiger partial charge in [-0.15, -0.1) is 0 Å². The number of hydrogen-bond donors (Lipinski definition) is 0. The van der Waals surface area contributed by atoms with E-state index in [0.29, 0.717) is 17.1 Å². The molecule has 0 bridgehead atoms. The van der Waals surface area contributed by atoms with Crippen molar-refractivity contribution in [3.8, 4) is 6.07 Å². The van der Waals surface area contributed by atoms with Gasteiger partial charge in [0.2, 0.25) is 5.91 Å². The minimum atomic E-state index is -0.746. The third kappa shape index (κ3) is 3.88. The molecule has 1 fully saturated rings. The summed E-state index contributed by atoms with van der Waals surface area (Å²) in [6.07, 6.45) is 0.510. The Labute approximate surface area is 162 Å². The van der Waals surface area contributed by atoms with Crippen molar-refractivity contribution in [3.05, 3.63) is 76.3 Å². The van der Waals surface area contributed by atoms with Crippen LogP contribution in [0.4, 0.5) is 5.69 Å². The molecule has 1 aliphatic heterocycles. The normalized spacial score (nSPS) is 18.2. The third-order valence-electron chi connectivity index (χ3n) is 4.22. The van der Waals surface area contributed by atoms with Gasteiger partial charge in [-0.1, -0.05) is 59.8 Å². The number of methoxy groups -OCH3 is 1. The van der Waals surface area contributed by atoms with Crippen LogP contribution in [0.3, 0.4) is 0 Å². The highest BCUT2D eigenvalue weighted by molar-refractivity contribution is 8.05. The molecule has 1 heterocycles. The quantitative estimate of drug-likeness (QED) is 0.462. The standard InChI is InChI=1S/C21H18N2O3S/c1-14-8-10-15(11-9-14)12-18-19(24)23(16-6-4-3-5-7-16)20(27-18)17(13-22)21(25)26-2/h3-11,18H,12H2,1-2H3/b20-17+/t18-/m0/s1. The summed E-state index contributed by atoms with van der Waals surface area (Å²) < 4.78 is 4.73. The Balaban J connectivity index is 2.02. The summed E-state index contributed by atoms with van der Waals surface area (Å²) in [6, 6.07) is 18.9. The summed E-state index contributed by atoms with van der Waals surface area (Å²) in [5, 5.41) is 9.38. The zero-order valence-corrected chi connectivity index (χ0v) is 15.8. The first-order valence-corrected chi connectivity index (χ1v) is 9.27. The number of thioether (sulfide) groups is 1. The molecule has 0 N–H and O–H groups in total. The van der Waals surface area contributed by atoms with Crippen LogP contribution in [0.15, 0.2) is 65.2 Å². The van der Waals surface area contributed by atoms with Gasteiger partial charge in [0.25, 0.3) is 0 Å². The number of ether oxygens (including phenoxy) is 1. The summed E-state index contributed by atoms with van der Waals surface area (Å²) in [4.78, 5) is 26.6. The summed E-state index contributed by atoms with van der Waals surface area (Å²) in [7, 11) is 1.22. The average Bonchev–Trinajstić information content (AvgIpc) is 3.00. The van der Waals surface area contributed by atoms with Crippen LogP contribution >= 0.6 is 11.8 Å². The van der Waals surface area contributed by atoms with Crippen molar-refractivity contribution in [2.45, 2.75) is 18.6 Å². The number of carbonyl (C=O) groups excluding carboxylic acids is 2. The van der Waals surface area contributed by atoms with E-state index in [-0.39, 0.29) is 11.5 Å². The first kappa shape index (κ1) is 18.7. The molecule has 2 aromatic rings. The minimum absolute atomic E-state index is 0.154. The van der Waals surface area contributed by atoms with E-state index in [1.807, 2.05) is 55.5 Å². The highest BCUT2D eigenvalue weighted by Gasteiger charge is 2.40. The highest BCUT2D eigenvalue weighted by atomic mass is 32.2. The number of rotatable bonds is 4. The number of carbonyl (C=O) groups is 2. The zero-order chi connectivity index (χ0) is 19.4. The Morgan fingerprint density at radius 3 is 2.44 bits per heavy atom. The summed E-state index contributed by atoms with van der Waals surface area (Å²) in [5.74, 6) is -0.900. The molecule has 0 aliphatic carbocycles. The summed E-state index contributed by atoms with van der Waals surface area (Å²) in [5.41, 5.74) is 2.63. The van der Waals surface area contributed by atoms with Crippen molar-refractivity contribution < 1.29 is 14.3 Å². The topological polar surface area (TPSA) is 70.4 Å². The van der Waals surface area contributed by atoms with Gasteiger partial charge in [0.05, 0.1) is 12.4 Å². The van der Waals surface area contributed by atoms with Crippen molar-refractivity contribution >= 4 is 29.3 Å². The number of nitriles is 1. The fourth-order valence-electron chi connectivity index (χ4n) is 2.82. The maximum absolute atomic E-state index is 13.1. The molecule has 1 aliphatic rings. The fraction of sp³-hybridized carbons (Fsp3) is 0.190. The van der Waals surface area contributed by atoms with Gasteiger partial charge >= 0.3 is 5.97 Å². The Morgan fingerprint density at radius 2 is 1.85 bits per heavy atom. The smallest absolute Gasteiger partial charge is 0.351 e. The maximum Gasteiger partial charge on any atom is 0.351 e. The van der Waals surface area contributed by atoms with E-state index in [9.17, 15) is 14.9 Å². The first-order chi connectivity index (χ1) is 13.0. The number of benzene rings is 2. The van der Waals surface area contributed by atoms with Crippen LogP contribution in [0.25, 0.3) is 0 Å². The van der Waals surface area contributed by atoms with E-state index in [4.69, 9.17) is 4.74 Å². The Hall–Kier alpha value is -3.04. The molecule has 6 heteroatoms. The highest BCUT2D eigenvalue weighted by Crippen LogP contribution is 2.41. The van der Waals surface area contributed by atoms with Gasteiger partial charge in [-0.25, -0.2) is 4.79 Å². The number of nitrogens with zero attached hydrogens (tertiary/aromatic N) is 2.